The van der Waals surface area contributed by atoms with Crippen LogP contribution >= 0.6 is 0 Å². The Hall–Kier alpha value is -2.42. The van der Waals surface area contributed by atoms with E-state index in [2.05, 4.69) is 84.1 Å². The second-order valence-electron chi connectivity index (χ2n) is 9.48. The van der Waals surface area contributed by atoms with E-state index in [1.807, 2.05) is 37.3 Å². The quantitative estimate of drug-likeness (QED) is 0.369. The van der Waals surface area contributed by atoms with Crippen molar-refractivity contribution < 1.29 is 10.2 Å². The van der Waals surface area contributed by atoms with Gasteiger partial charge in [0.15, 0.2) is 0 Å². The fourth-order valence-corrected chi connectivity index (χ4v) is 3.74. The summed E-state index contributed by atoms with van der Waals surface area (Å²) >= 11 is 0. The standard InChI is InChI=1S/C30H42O2/c1-23(12-8-9-13-24(2)15-11-17-26(4)22-31)14-10-16-25(3)18-19-29-27(5)20-28(32)21-30(29,6)7/h8-19,28,31-32H,20-22H2,1-7H3/b9-8+,14-10+,15-11+,19-18+,23-12-,24-13-,25-16+,26-17+. The third-order valence-corrected chi connectivity index (χ3v) is 5.53. The molecule has 2 heteroatoms. The van der Waals surface area contributed by atoms with E-state index < -0.39 is 0 Å². The molecule has 1 unspecified atom stereocenters. The predicted octanol–water partition coefficient (Wildman–Crippen LogP) is 7.49. The van der Waals surface area contributed by atoms with Gasteiger partial charge in [-0.25, -0.2) is 0 Å². The molecule has 0 aromatic carbocycles. The minimum absolute atomic E-state index is 0.0116. The predicted molar refractivity (Wildman–Crippen MR) is 140 cm³/mol. The molecule has 0 bridgehead atoms. The van der Waals surface area contributed by atoms with Crippen LogP contribution in [-0.2, 0) is 0 Å². The second kappa shape index (κ2) is 13.9. The summed E-state index contributed by atoms with van der Waals surface area (Å²) in [5, 5.41) is 19.0. The van der Waals surface area contributed by atoms with Crippen LogP contribution in [0.5, 0.6) is 0 Å². The van der Waals surface area contributed by atoms with Crippen molar-refractivity contribution in [2.75, 3.05) is 6.61 Å². The Morgan fingerprint density at radius 2 is 1.34 bits per heavy atom. The topological polar surface area (TPSA) is 40.5 Å². The molecule has 0 fully saturated rings. The van der Waals surface area contributed by atoms with Crippen LogP contribution in [0.1, 0.15) is 61.3 Å². The van der Waals surface area contributed by atoms with Crippen molar-refractivity contribution in [3.8, 4) is 0 Å². The minimum Gasteiger partial charge on any atom is -0.393 e. The Labute approximate surface area is 196 Å². The molecule has 0 amide bonds. The molecule has 1 atom stereocenters. The first-order chi connectivity index (χ1) is 15.0. The zero-order chi connectivity index (χ0) is 24.1. The van der Waals surface area contributed by atoms with Gasteiger partial charge in [0.05, 0.1) is 12.7 Å². The highest BCUT2D eigenvalue weighted by molar-refractivity contribution is 5.38. The lowest BCUT2D eigenvalue weighted by Gasteiger charge is -2.35. The fourth-order valence-electron chi connectivity index (χ4n) is 3.74. The van der Waals surface area contributed by atoms with Crippen LogP contribution in [0, 0.1) is 5.41 Å². The summed E-state index contributed by atoms with van der Waals surface area (Å²) in [4.78, 5) is 0. The van der Waals surface area contributed by atoms with Crippen molar-refractivity contribution in [3.05, 3.63) is 106 Å². The van der Waals surface area contributed by atoms with Gasteiger partial charge in [-0.15, -0.1) is 0 Å². The number of allylic oxidation sites excluding steroid dienone is 16. The van der Waals surface area contributed by atoms with Crippen molar-refractivity contribution in [1.29, 1.82) is 0 Å². The van der Waals surface area contributed by atoms with Crippen molar-refractivity contribution in [2.45, 2.75) is 67.4 Å². The Morgan fingerprint density at radius 1 is 0.844 bits per heavy atom. The third-order valence-electron chi connectivity index (χ3n) is 5.53. The van der Waals surface area contributed by atoms with Gasteiger partial charge in [-0.3, -0.25) is 0 Å². The van der Waals surface area contributed by atoms with Crippen molar-refractivity contribution in [3.63, 3.8) is 0 Å². The van der Waals surface area contributed by atoms with Gasteiger partial charge >= 0.3 is 0 Å². The van der Waals surface area contributed by atoms with Gasteiger partial charge in [-0.2, -0.15) is 0 Å². The van der Waals surface area contributed by atoms with Gasteiger partial charge in [0, 0.05) is 0 Å². The normalized spacial score (nSPS) is 21.8. The lowest BCUT2D eigenvalue weighted by molar-refractivity contribution is 0.116. The second-order valence-corrected chi connectivity index (χ2v) is 9.48. The summed E-state index contributed by atoms with van der Waals surface area (Å²) in [6, 6.07) is 0. The highest BCUT2D eigenvalue weighted by Gasteiger charge is 2.31. The van der Waals surface area contributed by atoms with E-state index in [0.717, 1.165) is 24.0 Å². The molecule has 0 spiro atoms. The average molecular weight is 435 g/mol. The summed E-state index contributed by atoms with van der Waals surface area (Å²) in [7, 11) is 0. The summed E-state index contributed by atoms with van der Waals surface area (Å²) in [6.45, 7) is 14.8. The van der Waals surface area contributed by atoms with Gasteiger partial charge in [0.25, 0.3) is 0 Å². The Morgan fingerprint density at radius 3 is 1.88 bits per heavy atom. The van der Waals surface area contributed by atoms with E-state index in [1.165, 1.54) is 22.3 Å². The molecule has 0 aromatic rings. The molecule has 0 aliphatic heterocycles. The highest BCUT2D eigenvalue weighted by Crippen LogP contribution is 2.41. The van der Waals surface area contributed by atoms with E-state index in [1.54, 1.807) is 0 Å². The van der Waals surface area contributed by atoms with Gasteiger partial charge < -0.3 is 10.2 Å². The molecular formula is C30H42O2. The molecule has 0 saturated carbocycles. The molecule has 32 heavy (non-hydrogen) atoms. The van der Waals surface area contributed by atoms with Crippen molar-refractivity contribution >= 4 is 0 Å². The maximum Gasteiger partial charge on any atom is 0.0642 e. The highest BCUT2D eigenvalue weighted by atomic mass is 16.3. The van der Waals surface area contributed by atoms with Crippen molar-refractivity contribution in [1.82, 2.24) is 0 Å². The average Bonchev–Trinajstić information content (AvgIpc) is 2.69. The summed E-state index contributed by atoms with van der Waals surface area (Å²) in [6.07, 6.45) is 26.2. The molecule has 0 heterocycles. The van der Waals surface area contributed by atoms with E-state index in [9.17, 15) is 5.11 Å². The van der Waals surface area contributed by atoms with Gasteiger partial charge in [0.1, 0.15) is 0 Å². The molecule has 0 saturated heterocycles. The number of aliphatic hydroxyl groups is 2. The minimum atomic E-state index is -0.223. The third kappa shape index (κ3) is 10.7. The fraction of sp³-hybridized carbons (Fsp3) is 0.400. The number of rotatable bonds is 9. The first-order valence-electron chi connectivity index (χ1n) is 11.4. The first-order valence-corrected chi connectivity index (χ1v) is 11.4. The zero-order valence-corrected chi connectivity index (χ0v) is 21.0. The van der Waals surface area contributed by atoms with Crippen LogP contribution < -0.4 is 0 Å². The van der Waals surface area contributed by atoms with Gasteiger partial charge in [0.2, 0.25) is 0 Å². The van der Waals surface area contributed by atoms with Crippen molar-refractivity contribution in [2.24, 2.45) is 5.41 Å². The Kier molecular flexibility index (Phi) is 12.0. The lowest BCUT2D eigenvalue weighted by Crippen LogP contribution is -2.28. The van der Waals surface area contributed by atoms with E-state index in [-0.39, 0.29) is 18.1 Å². The van der Waals surface area contributed by atoms with E-state index in [0.29, 0.717) is 0 Å². The van der Waals surface area contributed by atoms with Crippen LogP contribution in [0.4, 0.5) is 0 Å². The lowest BCUT2D eigenvalue weighted by atomic mass is 9.71. The maximum atomic E-state index is 10.0. The van der Waals surface area contributed by atoms with E-state index in [4.69, 9.17) is 5.11 Å². The molecule has 1 rings (SSSR count). The molecule has 2 nitrogen and oxygen atoms in total. The summed E-state index contributed by atoms with van der Waals surface area (Å²) in [5.74, 6) is 0. The largest absolute Gasteiger partial charge is 0.393 e. The SMILES string of the molecule is CC1=C(/C=C/C(C)=C/C=C/C(C)=C\C=C\C=C(C)/C=C/C=C(\C)CO)C(C)(C)CC(O)C1. The molecule has 1 aliphatic rings. The molecular weight excluding hydrogens is 392 g/mol. The van der Waals surface area contributed by atoms with Crippen LogP contribution in [0.15, 0.2) is 106 Å². The molecule has 174 valence electrons. The Bertz CT molecular complexity index is 893. The molecule has 0 aromatic heterocycles. The maximum absolute atomic E-state index is 10.0. The molecule has 1 aliphatic carbocycles. The first kappa shape index (κ1) is 27.6. The molecule has 0 radical (unpaired) electrons. The number of hydrogen-bond acceptors (Lipinski definition) is 2. The van der Waals surface area contributed by atoms with E-state index >= 15 is 0 Å². The van der Waals surface area contributed by atoms with Crippen LogP contribution in [0.25, 0.3) is 0 Å². The Balaban J connectivity index is 2.67. The zero-order valence-electron chi connectivity index (χ0n) is 21.0. The van der Waals surface area contributed by atoms with Crippen LogP contribution in [-0.4, -0.2) is 22.9 Å². The summed E-state index contributed by atoms with van der Waals surface area (Å²) in [5.41, 5.74) is 7.11. The number of aliphatic hydroxyl groups excluding tert-OH is 2. The van der Waals surface area contributed by atoms with Crippen LogP contribution in [0.3, 0.4) is 0 Å². The monoisotopic (exact) mass is 434 g/mol. The van der Waals surface area contributed by atoms with Crippen LogP contribution in [0.2, 0.25) is 0 Å². The molecule has 2 N–H and O–H groups in total. The van der Waals surface area contributed by atoms with Gasteiger partial charge in [-0.05, 0) is 64.0 Å². The number of hydrogen-bond donors (Lipinski definition) is 2. The summed E-state index contributed by atoms with van der Waals surface area (Å²) < 4.78 is 0. The van der Waals surface area contributed by atoms with Gasteiger partial charge in [-0.1, -0.05) is 109 Å². The smallest absolute Gasteiger partial charge is 0.0642 e.